The SMILES string of the molecule is CC(C)(C)CCC(=O)C(C)(C)N1CCNCC1. The average molecular weight is 240 g/mol. The molecule has 1 heterocycles. The van der Waals surface area contributed by atoms with Gasteiger partial charge in [0.25, 0.3) is 0 Å². The standard InChI is InChI=1S/C14H28N2O/c1-13(2,3)7-6-12(17)14(4,5)16-10-8-15-9-11-16/h15H,6-11H2,1-5H3. The van der Waals surface area contributed by atoms with Crippen molar-refractivity contribution in [3.63, 3.8) is 0 Å². The zero-order chi connectivity index (χ0) is 13.1. The quantitative estimate of drug-likeness (QED) is 0.816. The minimum atomic E-state index is -0.298. The summed E-state index contributed by atoms with van der Waals surface area (Å²) in [4.78, 5) is 14.7. The predicted molar refractivity (Wildman–Crippen MR) is 72.2 cm³/mol. The van der Waals surface area contributed by atoms with Gasteiger partial charge in [-0.15, -0.1) is 0 Å². The molecule has 0 unspecified atom stereocenters. The van der Waals surface area contributed by atoms with Crippen molar-refractivity contribution in [1.82, 2.24) is 10.2 Å². The van der Waals surface area contributed by atoms with Crippen molar-refractivity contribution in [3.8, 4) is 0 Å². The monoisotopic (exact) mass is 240 g/mol. The Morgan fingerprint density at radius 3 is 2.12 bits per heavy atom. The number of piperazine rings is 1. The van der Waals surface area contributed by atoms with Crippen LogP contribution in [0.5, 0.6) is 0 Å². The van der Waals surface area contributed by atoms with Crippen molar-refractivity contribution in [2.45, 2.75) is 53.0 Å². The van der Waals surface area contributed by atoms with E-state index in [9.17, 15) is 4.79 Å². The molecule has 17 heavy (non-hydrogen) atoms. The minimum Gasteiger partial charge on any atom is -0.314 e. The highest BCUT2D eigenvalue weighted by atomic mass is 16.1. The Kier molecular flexibility index (Phi) is 4.73. The molecule has 1 aliphatic rings. The summed E-state index contributed by atoms with van der Waals surface area (Å²) >= 11 is 0. The summed E-state index contributed by atoms with van der Waals surface area (Å²) in [7, 11) is 0. The van der Waals surface area contributed by atoms with Crippen LogP contribution in [0.2, 0.25) is 0 Å². The number of hydrogen-bond donors (Lipinski definition) is 1. The summed E-state index contributed by atoms with van der Waals surface area (Å²) in [6.07, 6.45) is 1.67. The number of carbonyl (C=O) groups is 1. The molecule has 0 spiro atoms. The van der Waals surface area contributed by atoms with E-state index >= 15 is 0 Å². The van der Waals surface area contributed by atoms with Crippen molar-refractivity contribution < 1.29 is 4.79 Å². The first-order chi connectivity index (χ1) is 7.73. The second-order valence-corrected chi connectivity index (χ2v) is 6.78. The molecule has 0 saturated carbocycles. The molecule has 3 nitrogen and oxygen atoms in total. The lowest BCUT2D eigenvalue weighted by molar-refractivity contribution is -0.130. The third kappa shape index (κ3) is 4.40. The molecular formula is C14H28N2O. The second-order valence-electron chi connectivity index (χ2n) is 6.78. The van der Waals surface area contributed by atoms with E-state index in [0.29, 0.717) is 12.2 Å². The van der Waals surface area contributed by atoms with Gasteiger partial charge in [-0.3, -0.25) is 9.69 Å². The highest BCUT2D eigenvalue weighted by Gasteiger charge is 2.34. The van der Waals surface area contributed by atoms with Gasteiger partial charge in [0.1, 0.15) is 0 Å². The van der Waals surface area contributed by atoms with Gasteiger partial charge in [0.15, 0.2) is 5.78 Å². The number of nitrogens with zero attached hydrogens (tertiary/aromatic N) is 1. The molecule has 0 aromatic heterocycles. The van der Waals surface area contributed by atoms with Crippen LogP contribution in [0, 0.1) is 5.41 Å². The smallest absolute Gasteiger partial charge is 0.152 e. The molecule has 1 saturated heterocycles. The zero-order valence-corrected chi connectivity index (χ0v) is 12.1. The Bertz CT molecular complexity index is 260. The van der Waals surface area contributed by atoms with Crippen LogP contribution in [0.1, 0.15) is 47.5 Å². The van der Waals surface area contributed by atoms with Gasteiger partial charge >= 0.3 is 0 Å². The summed E-state index contributed by atoms with van der Waals surface area (Å²) in [5, 5.41) is 3.33. The molecule has 3 heteroatoms. The van der Waals surface area contributed by atoms with Crippen molar-refractivity contribution in [2.24, 2.45) is 5.41 Å². The summed E-state index contributed by atoms with van der Waals surface area (Å²) in [6.45, 7) is 14.7. The van der Waals surface area contributed by atoms with Crippen LogP contribution in [-0.2, 0) is 4.79 Å². The normalized spacial score (nSPS) is 19.4. The van der Waals surface area contributed by atoms with Gasteiger partial charge in [-0.2, -0.15) is 0 Å². The third-order valence-corrected chi connectivity index (χ3v) is 3.69. The van der Waals surface area contributed by atoms with E-state index in [0.717, 1.165) is 32.6 Å². The first kappa shape index (κ1) is 14.7. The van der Waals surface area contributed by atoms with Gasteiger partial charge < -0.3 is 5.32 Å². The fraction of sp³-hybridized carbons (Fsp3) is 0.929. The van der Waals surface area contributed by atoms with E-state index in [4.69, 9.17) is 0 Å². The van der Waals surface area contributed by atoms with Crippen molar-refractivity contribution in [3.05, 3.63) is 0 Å². The Balaban J connectivity index is 2.53. The first-order valence-corrected chi connectivity index (χ1v) is 6.72. The predicted octanol–water partition coefficient (Wildman–Crippen LogP) is 2.07. The highest BCUT2D eigenvalue weighted by molar-refractivity contribution is 5.87. The fourth-order valence-electron chi connectivity index (χ4n) is 2.19. The maximum absolute atomic E-state index is 12.3. The van der Waals surface area contributed by atoms with Gasteiger partial charge in [0.05, 0.1) is 5.54 Å². The van der Waals surface area contributed by atoms with Crippen molar-refractivity contribution in [1.29, 1.82) is 0 Å². The number of carbonyl (C=O) groups excluding carboxylic acids is 1. The molecule has 0 bridgehead atoms. The molecule has 0 radical (unpaired) electrons. The summed E-state index contributed by atoms with van der Waals surface area (Å²) in [5.74, 6) is 0.384. The van der Waals surface area contributed by atoms with Crippen LogP contribution in [0.4, 0.5) is 0 Å². The lowest BCUT2D eigenvalue weighted by Gasteiger charge is -2.40. The minimum absolute atomic E-state index is 0.245. The van der Waals surface area contributed by atoms with Crippen molar-refractivity contribution in [2.75, 3.05) is 26.2 Å². The highest BCUT2D eigenvalue weighted by Crippen LogP contribution is 2.25. The molecule has 1 rings (SSSR count). The van der Waals surface area contributed by atoms with Gasteiger partial charge in [-0.25, -0.2) is 0 Å². The van der Waals surface area contributed by atoms with E-state index in [1.165, 1.54) is 0 Å². The first-order valence-electron chi connectivity index (χ1n) is 6.72. The molecule has 100 valence electrons. The summed E-state index contributed by atoms with van der Waals surface area (Å²) in [5.41, 5.74) is -0.0530. The number of hydrogen-bond acceptors (Lipinski definition) is 3. The third-order valence-electron chi connectivity index (χ3n) is 3.69. The Morgan fingerprint density at radius 2 is 1.65 bits per heavy atom. The summed E-state index contributed by atoms with van der Waals surface area (Å²) < 4.78 is 0. The van der Waals surface area contributed by atoms with Crippen LogP contribution in [0.15, 0.2) is 0 Å². The topological polar surface area (TPSA) is 32.3 Å². The molecule has 0 atom stereocenters. The molecule has 0 amide bonds. The molecule has 1 N–H and O–H groups in total. The molecule has 0 aromatic rings. The lowest BCUT2D eigenvalue weighted by Crippen LogP contribution is -2.57. The fourth-order valence-corrected chi connectivity index (χ4v) is 2.19. The molecule has 0 aliphatic carbocycles. The van der Waals surface area contributed by atoms with E-state index in [2.05, 4.69) is 44.8 Å². The second kappa shape index (κ2) is 5.49. The maximum Gasteiger partial charge on any atom is 0.152 e. The number of nitrogens with one attached hydrogen (secondary N) is 1. The Hall–Kier alpha value is -0.410. The number of ketones is 1. The largest absolute Gasteiger partial charge is 0.314 e. The molecule has 1 aliphatic heterocycles. The summed E-state index contributed by atoms with van der Waals surface area (Å²) in [6, 6.07) is 0. The van der Waals surface area contributed by atoms with E-state index in [1.807, 2.05) is 0 Å². The molecular weight excluding hydrogens is 212 g/mol. The average Bonchev–Trinajstić information content (AvgIpc) is 2.26. The van der Waals surface area contributed by atoms with Crippen LogP contribution in [-0.4, -0.2) is 42.4 Å². The Labute approximate surface area is 106 Å². The number of Topliss-reactive ketones (excluding diaryl/α,β-unsaturated/α-hetero) is 1. The van der Waals surface area contributed by atoms with Gasteiger partial charge in [-0.1, -0.05) is 20.8 Å². The van der Waals surface area contributed by atoms with E-state index < -0.39 is 0 Å². The van der Waals surface area contributed by atoms with Gasteiger partial charge in [0.2, 0.25) is 0 Å². The zero-order valence-electron chi connectivity index (χ0n) is 12.1. The lowest BCUT2D eigenvalue weighted by atomic mass is 9.85. The van der Waals surface area contributed by atoms with Gasteiger partial charge in [0, 0.05) is 32.6 Å². The van der Waals surface area contributed by atoms with Crippen LogP contribution in [0.25, 0.3) is 0 Å². The molecule has 1 fully saturated rings. The van der Waals surface area contributed by atoms with E-state index in [-0.39, 0.29) is 11.0 Å². The van der Waals surface area contributed by atoms with Crippen molar-refractivity contribution >= 4 is 5.78 Å². The van der Waals surface area contributed by atoms with E-state index in [1.54, 1.807) is 0 Å². The maximum atomic E-state index is 12.3. The Morgan fingerprint density at radius 1 is 1.12 bits per heavy atom. The molecule has 0 aromatic carbocycles. The van der Waals surface area contributed by atoms with Gasteiger partial charge in [-0.05, 0) is 25.7 Å². The van der Waals surface area contributed by atoms with Crippen LogP contribution < -0.4 is 5.32 Å². The number of rotatable bonds is 4. The van der Waals surface area contributed by atoms with Crippen LogP contribution in [0.3, 0.4) is 0 Å². The van der Waals surface area contributed by atoms with Crippen LogP contribution >= 0.6 is 0 Å².